The topological polar surface area (TPSA) is 84.5 Å². The minimum Gasteiger partial charge on any atom is -0.451 e. The summed E-state index contributed by atoms with van der Waals surface area (Å²) in [6.45, 7) is 7.14. The lowest BCUT2D eigenvalue weighted by molar-refractivity contribution is -0.157. The summed E-state index contributed by atoms with van der Waals surface area (Å²) >= 11 is 0. The molecule has 1 saturated carbocycles. The summed E-state index contributed by atoms with van der Waals surface area (Å²) in [5.41, 5.74) is 1.53. The Morgan fingerprint density at radius 2 is 1.63 bits per heavy atom. The number of esters is 1. The van der Waals surface area contributed by atoms with Gasteiger partial charge in [0.2, 0.25) is 0 Å². The van der Waals surface area contributed by atoms with Gasteiger partial charge in [-0.15, -0.1) is 0 Å². The first-order chi connectivity index (χ1) is 12.8. The quantitative estimate of drug-likeness (QED) is 0.719. The number of carbonyl (C=O) groups excluding carboxylic acids is 3. The van der Waals surface area contributed by atoms with Gasteiger partial charge < -0.3 is 15.4 Å². The molecule has 27 heavy (non-hydrogen) atoms. The molecule has 0 heterocycles. The fourth-order valence-corrected chi connectivity index (χ4v) is 3.12. The fraction of sp³-hybridized carbons (Fsp3) is 0.571. The van der Waals surface area contributed by atoms with Crippen LogP contribution in [0.2, 0.25) is 0 Å². The van der Waals surface area contributed by atoms with E-state index in [4.69, 9.17) is 4.74 Å². The van der Waals surface area contributed by atoms with Gasteiger partial charge in [0, 0.05) is 11.6 Å². The van der Waals surface area contributed by atoms with Crippen LogP contribution in [-0.4, -0.2) is 36.0 Å². The SMILES string of the molecule is Cc1ccc(C(=O)N[C@H](C(=O)O[C@H](C)C(=O)NC2CCCC2)C(C)C)cc1. The predicted octanol–water partition coefficient (Wildman–Crippen LogP) is 2.74. The average molecular weight is 374 g/mol. The van der Waals surface area contributed by atoms with Crippen molar-refractivity contribution < 1.29 is 19.1 Å². The van der Waals surface area contributed by atoms with E-state index in [9.17, 15) is 14.4 Å². The third kappa shape index (κ3) is 6.08. The lowest BCUT2D eigenvalue weighted by Crippen LogP contribution is -2.48. The summed E-state index contributed by atoms with van der Waals surface area (Å²) < 4.78 is 5.34. The molecule has 2 N–H and O–H groups in total. The molecule has 0 saturated heterocycles. The molecule has 1 aromatic carbocycles. The van der Waals surface area contributed by atoms with E-state index in [0.717, 1.165) is 31.2 Å². The van der Waals surface area contributed by atoms with E-state index in [1.165, 1.54) is 0 Å². The van der Waals surface area contributed by atoms with Gasteiger partial charge in [-0.3, -0.25) is 9.59 Å². The minimum atomic E-state index is -0.893. The monoisotopic (exact) mass is 374 g/mol. The largest absolute Gasteiger partial charge is 0.451 e. The van der Waals surface area contributed by atoms with Gasteiger partial charge in [0.15, 0.2) is 6.10 Å². The van der Waals surface area contributed by atoms with E-state index in [2.05, 4.69) is 10.6 Å². The number of amides is 2. The van der Waals surface area contributed by atoms with E-state index in [-0.39, 0.29) is 23.8 Å². The zero-order valence-corrected chi connectivity index (χ0v) is 16.6. The number of carbonyl (C=O) groups is 3. The third-order valence-corrected chi connectivity index (χ3v) is 4.88. The molecular formula is C21H30N2O4. The molecule has 1 fully saturated rings. The molecule has 2 rings (SSSR count). The molecule has 0 spiro atoms. The Bertz CT molecular complexity index is 663. The van der Waals surface area contributed by atoms with Crippen molar-refractivity contribution in [2.24, 2.45) is 5.92 Å². The van der Waals surface area contributed by atoms with Gasteiger partial charge in [-0.2, -0.15) is 0 Å². The van der Waals surface area contributed by atoms with Crippen molar-refractivity contribution in [1.29, 1.82) is 0 Å². The molecule has 0 unspecified atom stereocenters. The van der Waals surface area contributed by atoms with Crippen molar-refractivity contribution in [3.63, 3.8) is 0 Å². The van der Waals surface area contributed by atoms with E-state index < -0.39 is 18.1 Å². The Hall–Kier alpha value is -2.37. The molecule has 2 atom stereocenters. The third-order valence-electron chi connectivity index (χ3n) is 4.88. The van der Waals surface area contributed by atoms with E-state index in [0.29, 0.717) is 5.56 Å². The molecule has 1 aliphatic carbocycles. The highest BCUT2D eigenvalue weighted by molar-refractivity contribution is 5.97. The maximum absolute atomic E-state index is 12.5. The Balaban J connectivity index is 1.94. The summed E-state index contributed by atoms with van der Waals surface area (Å²) in [4.78, 5) is 37.2. The molecule has 0 aromatic heterocycles. The Morgan fingerprint density at radius 1 is 1.04 bits per heavy atom. The van der Waals surface area contributed by atoms with Gasteiger partial charge in [0.05, 0.1) is 0 Å². The molecule has 0 radical (unpaired) electrons. The molecular weight excluding hydrogens is 344 g/mol. The number of nitrogens with one attached hydrogen (secondary N) is 2. The molecule has 2 amide bonds. The van der Waals surface area contributed by atoms with E-state index >= 15 is 0 Å². The van der Waals surface area contributed by atoms with Gasteiger partial charge in [-0.05, 0) is 44.7 Å². The van der Waals surface area contributed by atoms with Crippen molar-refractivity contribution in [1.82, 2.24) is 10.6 Å². The highest BCUT2D eigenvalue weighted by atomic mass is 16.5. The number of hydrogen-bond donors (Lipinski definition) is 2. The summed E-state index contributed by atoms with van der Waals surface area (Å²) in [7, 11) is 0. The molecule has 148 valence electrons. The molecule has 6 nitrogen and oxygen atoms in total. The first-order valence-electron chi connectivity index (χ1n) is 9.66. The van der Waals surface area contributed by atoms with Crippen molar-refractivity contribution >= 4 is 17.8 Å². The lowest BCUT2D eigenvalue weighted by atomic mass is 10.0. The highest BCUT2D eigenvalue weighted by Crippen LogP contribution is 2.18. The predicted molar refractivity (Wildman–Crippen MR) is 103 cm³/mol. The van der Waals surface area contributed by atoms with Crippen LogP contribution in [0.4, 0.5) is 0 Å². The fourth-order valence-electron chi connectivity index (χ4n) is 3.12. The van der Waals surface area contributed by atoms with Crippen LogP contribution in [-0.2, 0) is 14.3 Å². The second-order valence-electron chi connectivity index (χ2n) is 7.63. The Labute approximate surface area is 161 Å². The van der Waals surface area contributed by atoms with Crippen LogP contribution in [0.25, 0.3) is 0 Å². The zero-order valence-electron chi connectivity index (χ0n) is 16.6. The van der Waals surface area contributed by atoms with Crippen molar-refractivity contribution in [2.75, 3.05) is 0 Å². The lowest BCUT2D eigenvalue weighted by Gasteiger charge is -2.23. The van der Waals surface area contributed by atoms with Crippen molar-refractivity contribution in [2.45, 2.75) is 71.6 Å². The summed E-state index contributed by atoms with van der Waals surface area (Å²) in [5, 5.41) is 5.64. The van der Waals surface area contributed by atoms with Crippen molar-refractivity contribution in [3.8, 4) is 0 Å². The minimum absolute atomic E-state index is 0.167. The number of ether oxygens (including phenoxy) is 1. The second kappa shape index (κ2) is 9.53. The number of aryl methyl sites for hydroxylation is 1. The molecule has 6 heteroatoms. The van der Waals surface area contributed by atoms with Crippen LogP contribution in [0.5, 0.6) is 0 Å². The first-order valence-corrected chi connectivity index (χ1v) is 9.66. The van der Waals surface area contributed by atoms with Crippen LogP contribution in [0.15, 0.2) is 24.3 Å². The highest BCUT2D eigenvalue weighted by Gasteiger charge is 2.30. The van der Waals surface area contributed by atoms with Crippen LogP contribution in [0.3, 0.4) is 0 Å². The van der Waals surface area contributed by atoms with Crippen LogP contribution in [0, 0.1) is 12.8 Å². The van der Waals surface area contributed by atoms with Gasteiger partial charge >= 0.3 is 5.97 Å². The Morgan fingerprint density at radius 3 is 2.19 bits per heavy atom. The standard InChI is InChI=1S/C21H30N2O4/c1-13(2)18(23-20(25)16-11-9-14(3)10-12-16)21(26)27-15(4)19(24)22-17-7-5-6-8-17/h9-13,15,17-18H,5-8H2,1-4H3,(H,22,24)(H,23,25)/t15-,18+/m1/s1. The average Bonchev–Trinajstić information content (AvgIpc) is 3.12. The Kier molecular flexibility index (Phi) is 7.39. The van der Waals surface area contributed by atoms with Gasteiger partial charge in [0.25, 0.3) is 11.8 Å². The molecule has 1 aliphatic rings. The molecule has 0 aliphatic heterocycles. The van der Waals surface area contributed by atoms with Crippen LogP contribution >= 0.6 is 0 Å². The molecule has 1 aromatic rings. The van der Waals surface area contributed by atoms with Crippen LogP contribution in [0.1, 0.15) is 62.4 Å². The van der Waals surface area contributed by atoms with Gasteiger partial charge in [0.1, 0.15) is 6.04 Å². The second-order valence-corrected chi connectivity index (χ2v) is 7.63. The number of hydrogen-bond acceptors (Lipinski definition) is 4. The normalized spacial score (nSPS) is 16.6. The van der Waals surface area contributed by atoms with Crippen molar-refractivity contribution in [3.05, 3.63) is 35.4 Å². The number of rotatable bonds is 7. The van der Waals surface area contributed by atoms with E-state index in [1.807, 2.05) is 32.9 Å². The first kappa shape index (κ1) is 20.9. The van der Waals surface area contributed by atoms with Gasteiger partial charge in [-0.1, -0.05) is 44.4 Å². The molecule has 0 bridgehead atoms. The number of benzene rings is 1. The summed E-state index contributed by atoms with van der Waals surface area (Å²) in [6, 6.07) is 6.46. The maximum atomic E-state index is 12.5. The zero-order chi connectivity index (χ0) is 20.0. The van der Waals surface area contributed by atoms with E-state index in [1.54, 1.807) is 19.1 Å². The summed E-state index contributed by atoms with van der Waals surface area (Å²) in [5.74, 6) is -1.40. The maximum Gasteiger partial charge on any atom is 0.329 e. The van der Waals surface area contributed by atoms with Gasteiger partial charge in [-0.25, -0.2) is 4.79 Å². The smallest absolute Gasteiger partial charge is 0.329 e. The summed E-state index contributed by atoms with van der Waals surface area (Å²) in [6.07, 6.45) is 3.26. The van der Waals surface area contributed by atoms with Crippen LogP contribution < -0.4 is 10.6 Å².